The van der Waals surface area contributed by atoms with Crippen molar-refractivity contribution in [3.63, 3.8) is 0 Å². The van der Waals surface area contributed by atoms with Gasteiger partial charge in [-0.1, -0.05) is 0 Å². The average Bonchev–Trinajstić information content (AvgIpc) is 3.15. The van der Waals surface area contributed by atoms with Gasteiger partial charge >= 0.3 is 5.97 Å². The Morgan fingerprint density at radius 3 is 2.65 bits per heavy atom. The van der Waals surface area contributed by atoms with Crippen LogP contribution in [0.5, 0.6) is 0 Å². The van der Waals surface area contributed by atoms with Crippen molar-refractivity contribution >= 4 is 17.4 Å². The number of pyridine rings is 1. The van der Waals surface area contributed by atoms with Crippen LogP contribution in [0.3, 0.4) is 0 Å². The average molecular weight is 272 g/mol. The van der Waals surface area contributed by atoms with Gasteiger partial charge in [0.25, 0.3) is 5.91 Å². The van der Waals surface area contributed by atoms with Crippen LogP contribution in [0.1, 0.15) is 33.7 Å². The van der Waals surface area contributed by atoms with Gasteiger partial charge in [-0.15, -0.1) is 0 Å². The summed E-state index contributed by atoms with van der Waals surface area (Å²) in [5.41, 5.74) is 1.73. The van der Waals surface area contributed by atoms with E-state index in [0.717, 1.165) is 31.4 Å². The smallest absolute Gasteiger partial charge is 0.355 e. The lowest BCUT2D eigenvalue weighted by Crippen LogP contribution is -2.28. The van der Waals surface area contributed by atoms with Crippen molar-refractivity contribution in [2.45, 2.75) is 12.8 Å². The van der Waals surface area contributed by atoms with E-state index in [1.54, 1.807) is 16.7 Å². The molecule has 1 amide bonds. The Bertz CT molecular complexity index is 669. The predicted octanol–water partition coefficient (Wildman–Crippen LogP) is 1.96. The molecule has 0 N–H and O–H groups in total. The molecule has 3 heterocycles. The Balaban J connectivity index is 2.07. The Hall–Kier alpha value is -2.30. The molecule has 0 spiro atoms. The molecule has 1 aliphatic heterocycles. The van der Waals surface area contributed by atoms with E-state index in [9.17, 15) is 9.59 Å². The Morgan fingerprint density at radius 1 is 1.20 bits per heavy atom. The molecule has 0 saturated carbocycles. The summed E-state index contributed by atoms with van der Waals surface area (Å²) < 4.78 is 6.52. The number of hydrogen-bond donors (Lipinski definition) is 0. The van der Waals surface area contributed by atoms with Gasteiger partial charge in [0.2, 0.25) is 0 Å². The number of carbonyl (C=O) groups is 2. The van der Waals surface area contributed by atoms with Gasteiger partial charge < -0.3 is 14.0 Å². The SMILES string of the molecule is COC(=O)c1cc(C(=O)N2CCCC2)cc2cccn12. The van der Waals surface area contributed by atoms with Crippen LogP contribution < -0.4 is 0 Å². The molecule has 0 aromatic carbocycles. The molecule has 2 aromatic heterocycles. The molecule has 20 heavy (non-hydrogen) atoms. The van der Waals surface area contributed by atoms with Gasteiger partial charge in [0.1, 0.15) is 5.69 Å². The number of aromatic nitrogens is 1. The molecule has 0 atom stereocenters. The number of likely N-dealkylation sites (tertiary alicyclic amines) is 1. The molecule has 104 valence electrons. The Kier molecular flexibility index (Phi) is 3.18. The minimum atomic E-state index is -0.442. The number of rotatable bonds is 2. The summed E-state index contributed by atoms with van der Waals surface area (Å²) in [7, 11) is 1.34. The summed E-state index contributed by atoms with van der Waals surface area (Å²) in [6, 6.07) is 7.13. The zero-order chi connectivity index (χ0) is 14.1. The molecular weight excluding hydrogens is 256 g/mol. The van der Waals surface area contributed by atoms with Crippen molar-refractivity contribution in [3.05, 3.63) is 41.7 Å². The molecule has 1 aliphatic rings. The molecular formula is C15H16N2O3. The Labute approximate surface area is 116 Å². The largest absolute Gasteiger partial charge is 0.464 e. The van der Waals surface area contributed by atoms with E-state index >= 15 is 0 Å². The molecule has 5 nitrogen and oxygen atoms in total. The van der Waals surface area contributed by atoms with Crippen molar-refractivity contribution in [1.82, 2.24) is 9.30 Å². The number of ether oxygens (including phenoxy) is 1. The number of methoxy groups -OCH3 is 1. The highest BCUT2D eigenvalue weighted by Gasteiger charge is 2.22. The number of fused-ring (bicyclic) bond motifs is 1. The number of hydrogen-bond acceptors (Lipinski definition) is 3. The fourth-order valence-corrected chi connectivity index (χ4v) is 2.64. The van der Waals surface area contributed by atoms with Crippen molar-refractivity contribution in [2.75, 3.05) is 20.2 Å². The predicted molar refractivity (Wildman–Crippen MR) is 73.9 cm³/mol. The van der Waals surface area contributed by atoms with Crippen LogP contribution in [-0.2, 0) is 4.74 Å². The van der Waals surface area contributed by atoms with Gasteiger partial charge in [0.15, 0.2) is 0 Å². The summed E-state index contributed by atoms with van der Waals surface area (Å²) in [5, 5.41) is 0. The zero-order valence-electron chi connectivity index (χ0n) is 11.3. The molecule has 0 radical (unpaired) electrons. The van der Waals surface area contributed by atoms with E-state index in [2.05, 4.69) is 0 Å². The second kappa shape index (κ2) is 5.00. The lowest BCUT2D eigenvalue weighted by Gasteiger charge is -2.16. The summed E-state index contributed by atoms with van der Waals surface area (Å²) in [6.07, 6.45) is 3.87. The van der Waals surface area contributed by atoms with Crippen molar-refractivity contribution < 1.29 is 14.3 Å². The third-order valence-electron chi connectivity index (χ3n) is 3.67. The van der Waals surface area contributed by atoms with Crippen LogP contribution in [-0.4, -0.2) is 41.4 Å². The number of carbonyl (C=O) groups excluding carboxylic acids is 2. The van der Waals surface area contributed by atoms with E-state index < -0.39 is 5.97 Å². The van der Waals surface area contributed by atoms with E-state index in [1.165, 1.54) is 7.11 Å². The molecule has 1 saturated heterocycles. The first-order valence-electron chi connectivity index (χ1n) is 6.69. The molecule has 3 rings (SSSR count). The van der Waals surface area contributed by atoms with Gasteiger partial charge in [-0.05, 0) is 37.1 Å². The lowest BCUT2D eigenvalue weighted by molar-refractivity contribution is 0.0592. The first-order valence-corrected chi connectivity index (χ1v) is 6.69. The zero-order valence-corrected chi connectivity index (χ0v) is 11.3. The Morgan fingerprint density at radius 2 is 1.95 bits per heavy atom. The summed E-state index contributed by atoms with van der Waals surface area (Å²) in [4.78, 5) is 26.1. The quantitative estimate of drug-likeness (QED) is 0.785. The fourth-order valence-electron chi connectivity index (χ4n) is 2.64. The van der Waals surface area contributed by atoms with E-state index in [1.807, 2.05) is 23.1 Å². The maximum Gasteiger partial charge on any atom is 0.355 e. The van der Waals surface area contributed by atoms with Gasteiger partial charge in [-0.3, -0.25) is 4.79 Å². The van der Waals surface area contributed by atoms with E-state index in [-0.39, 0.29) is 5.91 Å². The molecule has 5 heteroatoms. The summed E-state index contributed by atoms with van der Waals surface area (Å²) in [6.45, 7) is 1.58. The molecule has 1 fully saturated rings. The second-order valence-corrected chi connectivity index (χ2v) is 4.92. The highest BCUT2D eigenvalue weighted by molar-refractivity contribution is 5.98. The van der Waals surface area contributed by atoms with Crippen LogP contribution in [0.15, 0.2) is 30.5 Å². The first kappa shape index (κ1) is 12.7. The lowest BCUT2D eigenvalue weighted by atomic mass is 10.1. The summed E-state index contributed by atoms with van der Waals surface area (Å²) in [5.74, 6) is -0.460. The monoisotopic (exact) mass is 272 g/mol. The van der Waals surface area contributed by atoms with Crippen LogP contribution in [0, 0.1) is 0 Å². The molecule has 2 aromatic rings. The highest BCUT2D eigenvalue weighted by Crippen LogP contribution is 2.18. The van der Waals surface area contributed by atoms with Crippen LogP contribution in [0.25, 0.3) is 5.52 Å². The first-order chi connectivity index (χ1) is 9.70. The van der Waals surface area contributed by atoms with E-state index in [4.69, 9.17) is 4.74 Å². The molecule has 0 aliphatic carbocycles. The van der Waals surface area contributed by atoms with Crippen molar-refractivity contribution in [2.24, 2.45) is 0 Å². The maximum absolute atomic E-state index is 12.4. The third kappa shape index (κ3) is 2.05. The van der Waals surface area contributed by atoms with Gasteiger partial charge in [-0.25, -0.2) is 4.79 Å². The second-order valence-electron chi connectivity index (χ2n) is 4.92. The third-order valence-corrected chi connectivity index (χ3v) is 3.67. The number of amides is 1. The fraction of sp³-hybridized carbons (Fsp3) is 0.333. The van der Waals surface area contributed by atoms with Gasteiger partial charge in [-0.2, -0.15) is 0 Å². The van der Waals surface area contributed by atoms with Crippen LogP contribution in [0.4, 0.5) is 0 Å². The standard InChI is InChI=1S/C15H16N2O3/c1-20-15(19)13-10-11(9-12-5-4-8-17(12)13)14(18)16-6-2-3-7-16/h4-5,8-10H,2-3,6-7H2,1H3. The van der Waals surface area contributed by atoms with Gasteiger partial charge in [0, 0.05) is 30.4 Å². The van der Waals surface area contributed by atoms with E-state index in [0.29, 0.717) is 11.3 Å². The minimum Gasteiger partial charge on any atom is -0.464 e. The van der Waals surface area contributed by atoms with Crippen LogP contribution in [0.2, 0.25) is 0 Å². The molecule has 0 bridgehead atoms. The molecule has 0 unspecified atom stereocenters. The normalized spacial score (nSPS) is 14.8. The highest BCUT2D eigenvalue weighted by atomic mass is 16.5. The summed E-state index contributed by atoms with van der Waals surface area (Å²) >= 11 is 0. The number of esters is 1. The maximum atomic E-state index is 12.4. The minimum absolute atomic E-state index is 0.0173. The topological polar surface area (TPSA) is 51.0 Å². The van der Waals surface area contributed by atoms with Crippen molar-refractivity contribution in [1.29, 1.82) is 0 Å². The van der Waals surface area contributed by atoms with Crippen molar-refractivity contribution in [3.8, 4) is 0 Å². The number of nitrogens with zero attached hydrogens (tertiary/aromatic N) is 2. The van der Waals surface area contributed by atoms with Gasteiger partial charge in [0.05, 0.1) is 7.11 Å². The van der Waals surface area contributed by atoms with Crippen LogP contribution >= 0.6 is 0 Å².